The fraction of sp³-hybridized carbons (Fsp3) is 0.600. The van der Waals surface area contributed by atoms with Gasteiger partial charge in [0.15, 0.2) is 0 Å². The van der Waals surface area contributed by atoms with Gasteiger partial charge in [0.1, 0.15) is 0 Å². The maximum absolute atomic E-state index is 3.81. The van der Waals surface area contributed by atoms with Crippen molar-refractivity contribution in [2.75, 3.05) is 0 Å². The number of hydrogen-bond donors (Lipinski definition) is 0. The Morgan fingerprint density at radius 2 is 2.33 bits per heavy atom. The van der Waals surface area contributed by atoms with Crippen molar-refractivity contribution in [2.24, 2.45) is 0 Å². The standard InChI is InChI=1S/C5H12Si/c1-4-6-5(2)3/h2,4,6H2,1,3H3. The average molecular weight is 100 g/mol. The molecule has 6 heavy (non-hydrogen) atoms. The van der Waals surface area contributed by atoms with Crippen LogP contribution in [0.15, 0.2) is 11.8 Å². The molecule has 0 unspecified atom stereocenters. The van der Waals surface area contributed by atoms with Gasteiger partial charge in [-0.25, -0.2) is 0 Å². The van der Waals surface area contributed by atoms with Crippen molar-refractivity contribution in [1.82, 2.24) is 0 Å². The highest BCUT2D eigenvalue weighted by atomic mass is 28.2. The lowest BCUT2D eigenvalue weighted by Crippen LogP contribution is -1.84. The third-order valence-electron chi connectivity index (χ3n) is 0.677. The molecule has 1 heteroatoms. The van der Waals surface area contributed by atoms with E-state index in [0.717, 1.165) is 0 Å². The highest BCUT2D eigenvalue weighted by molar-refractivity contribution is 6.44. The van der Waals surface area contributed by atoms with Gasteiger partial charge in [-0.05, 0) is 6.92 Å². The van der Waals surface area contributed by atoms with E-state index in [1.807, 2.05) is 0 Å². The van der Waals surface area contributed by atoms with Crippen LogP contribution in [-0.2, 0) is 0 Å². The molecule has 0 radical (unpaired) electrons. The zero-order valence-corrected chi connectivity index (χ0v) is 6.04. The molecule has 0 saturated heterocycles. The second-order valence-electron chi connectivity index (χ2n) is 1.71. The molecule has 0 N–H and O–H groups in total. The lowest BCUT2D eigenvalue weighted by Gasteiger charge is -1.85. The van der Waals surface area contributed by atoms with Gasteiger partial charge in [-0.15, -0.1) is 6.58 Å². The normalized spacial score (nSPS) is 10.3. The summed E-state index contributed by atoms with van der Waals surface area (Å²) in [5.74, 6) is 0. The van der Waals surface area contributed by atoms with Gasteiger partial charge < -0.3 is 0 Å². The summed E-state index contributed by atoms with van der Waals surface area (Å²) in [6.45, 7) is 8.15. The Morgan fingerprint density at radius 1 is 1.83 bits per heavy atom. The quantitative estimate of drug-likeness (QED) is 0.456. The van der Waals surface area contributed by atoms with Crippen molar-refractivity contribution >= 4 is 9.52 Å². The number of rotatable bonds is 2. The Labute approximate surface area is 42.1 Å². The summed E-state index contributed by atoms with van der Waals surface area (Å²) in [5, 5.41) is 1.43. The van der Waals surface area contributed by atoms with Crippen LogP contribution in [-0.4, -0.2) is 9.52 Å². The first kappa shape index (κ1) is 5.96. The molecule has 0 saturated carbocycles. The first-order valence-corrected chi connectivity index (χ1v) is 4.12. The molecule has 0 fully saturated rings. The van der Waals surface area contributed by atoms with Crippen LogP contribution < -0.4 is 0 Å². The third kappa shape index (κ3) is 3.96. The summed E-state index contributed by atoms with van der Waals surface area (Å²) in [6.07, 6.45) is 0. The van der Waals surface area contributed by atoms with E-state index in [4.69, 9.17) is 0 Å². The van der Waals surface area contributed by atoms with E-state index >= 15 is 0 Å². The first-order valence-electron chi connectivity index (χ1n) is 2.41. The highest BCUT2D eigenvalue weighted by Gasteiger charge is 1.77. The lowest BCUT2D eigenvalue weighted by molar-refractivity contribution is 1.44. The Hall–Kier alpha value is -0.0431. The maximum atomic E-state index is 3.81. The van der Waals surface area contributed by atoms with E-state index < -0.39 is 0 Å². The molecule has 0 aromatic carbocycles. The van der Waals surface area contributed by atoms with Crippen molar-refractivity contribution in [3.63, 3.8) is 0 Å². The fourth-order valence-corrected chi connectivity index (χ4v) is 1.28. The molecule has 0 aromatic rings. The Bertz CT molecular complexity index is 47.9. The van der Waals surface area contributed by atoms with Crippen LogP contribution >= 0.6 is 0 Å². The van der Waals surface area contributed by atoms with Gasteiger partial charge in [-0.3, -0.25) is 0 Å². The monoisotopic (exact) mass is 100 g/mol. The predicted octanol–water partition coefficient (Wildman–Crippen LogP) is 1.13. The highest BCUT2D eigenvalue weighted by Crippen LogP contribution is 1.84. The minimum atomic E-state index is 0.162. The van der Waals surface area contributed by atoms with E-state index in [9.17, 15) is 0 Å². The fourth-order valence-electron chi connectivity index (χ4n) is 0.427. The minimum absolute atomic E-state index is 0.162. The van der Waals surface area contributed by atoms with Gasteiger partial charge in [0, 0.05) is 9.52 Å². The van der Waals surface area contributed by atoms with E-state index in [2.05, 4.69) is 20.4 Å². The molecule has 0 aliphatic rings. The summed E-state index contributed by atoms with van der Waals surface area (Å²) in [7, 11) is 0.162. The largest absolute Gasteiger partial charge is 0.105 e. The first-order chi connectivity index (χ1) is 2.77. The predicted molar refractivity (Wildman–Crippen MR) is 33.8 cm³/mol. The lowest BCUT2D eigenvalue weighted by atomic mass is 10.8. The second-order valence-corrected chi connectivity index (χ2v) is 4.41. The maximum Gasteiger partial charge on any atom is 0.0481 e. The van der Waals surface area contributed by atoms with Gasteiger partial charge in [0.2, 0.25) is 0 Å². The molecule has 0 rings (SSSR count). The summed E-state index contributed by atoms with van der Waals surface area (Å²) in [5.41, 5.74) is 0. The summed E-state index contributed by atoms with van der Waals surface area (Å²) >= 11 is 0. The molecule has 0 aromatic heterocycles. The molecule has 0 aliphatic heterocycles. The molecule has 0 nitrogen and oxygen atoms in total. The zero-order valence-electron chi connectivity index (χ0n) is 4.62. The van der Waals surface area contributed by atoms with Crippen molar-refractivity contribution in [3.8, 4) is 0 Å². The van der Waals surface area contributed by atoms with Gasteiger partial charge in [0.25, 0.3) is 0 Å². The molecule has 0 bridgehead atoms. The Morgan fingerprint density at radius 3 is 2.33 bits per heavy atom. The summed E-state index contributed by atoms with van der Waals surface area (Å²) < 4.78 is 0. The molecule has 0 aliphatic carbocycles. The van der Waals surface area contributed by atoms with Crippen LogP contribution in [0.2, 0.25) is 6.04 Å². The van der Waals surface area contributed by atoms with E-state index in [-0.39, 0.29) is 9.52 Å². The van der Waals surface area contributed by atoms with Crippen LogP contribution in [0.4, 0.5) is 0 Å². The van der Waals surface area contributed by atoms with Crippen molar-refractivity contribution < 1.29 is 0 Å². The van der Waals surface area contributed by atoms with E-state index in [0.29, 0.717) is 0 Å². The SMILES string of the molecule is C=C(C)[SiH2]CC. The van der Waals surface area contributed by atoms with Crippen LogP contribution in [0.5, 0.6) is 0 Å². The smallest absolute Gasteiger partial charge is 0.0481 e. The molecular weight excluding hydrogens is 88.1 g/mol. The second kappa shape index (κ2) is 3.16. The molecule has 0 amide bonds. The Kier molecular flexibility index (Phi) is 3.14. The van der Waals surface area contributed by atoms with Crippen LogP contribution in [0.1, 0.15) is 13.8 Å². The molecule has 0 atom stereocenters. The van der Waals surface area contributed by atoms with Crippen molar-refractivity contribution in [2.45, 2.75) is 19.9 Å². The van der Waals surface area contributed by atoms with Gasteiger partial charge in [0.05, 0.1) is 0 Å². The summed E-state index contributed by atoms with van der Waals surface area (Å²) in [6, 6.07) is 1.37. The molecular formula is C5H12Si. The Balaban J connectivity index is 2.83. The molecule has 36 valence electrons. The third-order valence-corrected chi connectivity index (χ3v) is 2.03. The van der Waals surface area contributed by atoms with E-state index in [1.54, 1.807) is 0 Å². The van der Waals surface area contributed by atoms with Gasteiger partial charge >= 0.3 is 0 Å². The average Bonchev–Trinajstić information content (AvgIpc) is 1.35. The van der Waals surface area contributed by atoms with Gasteiger partial charge in [-0.2, -0.15) is 0 Å². The van der Waals surface area contributed by atoms with E-state index in [1.165, 1.54) is 11.2 Å². The van der Waals surface area contributed by atoms with Crippen LogP contribution in [0.3, 0.4) is 0 Å². The number of allylic oxidation sites excluding steroid dienone is 1. The van der Waals surface area contributed by atoms with Crippen molar-refractivity contribution in [1.29, 1.82) is 0 Å². The minimum Gasteiger partial charge on any atom is -0.105 e. The van der Waals surface area contributed by atoms with Gasteiger partial charge in [-0.1, -0.05) is 18.2 Å². The topological polar surface area (TPSA) is 0 Å². The zero-order chi connectivity index (χ0) is 4.99. The summed E-state index contributed by atoms with van der Waals surface area (Å²) in [4.78, 5) is 0. The number of hydrogen-bond acceptors (Lipinski definition) is 0. The van der Waals surface area contributed by atoms with Crippen LogP contribution in [0, 0.1) is 0 Å². The van der Waals surface area contributed by atoms with Crippen LogP contribution in [0.25, 0.3) is 0 Å². The molecule has 0 heterocycles. The molecule has 0 spiro atoms. The van der Waals surface area contributed by atoms with Crippen molar-refractivity contribution in [3.05, 3.63) is 11.8 Å².